The largest absolute Gasteiger partial charge is 0.491 e. The van der Waals surface area contributed by atoms with Crippen LogP contribution < -0.4 is 4.74 Å². The van der Waals surface area contributed by atoms with E-state index in [1.54, 1.807) is 11.3 Å². The molecule has 2 unspecified atom stereocenters. The monoisotopic (exact) mass is 409 g/mol. The zero-order valence-corrected chi connectivity index (χ0v) is 17.4. The Balaban J connectivity index is 1.63. The van der Waals surface area contributed by atoms with Crippen LogP contribution in [0.5, 0.6) is 5.75 Å². The van der Waals surface area contributed by atoms with Crippen LogP contribution in [0, 0.1) is 13.8 Å². The van der Waals surface area contributed by atoms with Crippen molar-refractivity contribution in [1.29, 1.82) is 0 Å². The molecule has 0 bridgehead atoms. The third-order valence-electron chi connectivity index (χ3n) is 4.95. The maximum absolute atomic E-state index is 11.9. The first-order chi connectivity index (χ1) is 12.8. The highest BCUT2D eigenvalue weighted by molar-refractivity contribution is 7.91. The molecule has 0 amide bonds. The summed E-state index contributed by atoms with van der Waals surface area (Å²) in [6.07, 6.45) is -0.0620. The lowest BCUT2D eigenvalue weighted by atomic mass is 10.1. The Morgan fingerprint density at radius 2 is 2.00 bits per heavy atom. The molecule has 0 radical (unpaired) electrons. The Morgan fingerprint density at radius 1 is 1.26 bits per heavy atom. The van der Waals surface area contributed by atoms with E-state index < -0.39 is 15.9 Å². The van der Waals surface area contributed by atoms with Gasteiger partial charge in [-0.3, -0.25) is 4.90 Å². The average Bonchev–Trinajstić information content (AvgIpc) is 3.19. The van der Waals surface area contributed by atoms with Gasteiger partial charge in [-0.2, -0.15) is 0 Å². The van der Waals surface area contributed by atoms with Gasteiger partial charge in [0.05, 0.1) is 11.5 Å². The first-order valence-corrected chi connectivity index (χ1v) is 11.9. The average molecular weight is 410 g/mol. The molecule has 1 saturated heterocycles. The van der Waals surface area contributed by atoms with Gasteiger partial charge in [-0.1, -0.05) is 17.7 Å². The quantitative estimate of drug-likeness (QED) is 0.726. The second-order valence-corrected chi connectivity index (χ2v) is 10.5. The minimum Gasteiger partial charge on any atom is -0.491 e. The van der Waals surface area contributed by atoms with Crippen LogP contribution in [-0.2, 0) is 16.4 Å². The number of ether oxygens (including phenoxy) is 1. The third-order valence-corrected chi connectivity index (χ3v) is 7.71. The summed E-state index contributed by atoms with van der Waals surface area (Å²) < 4.78 is 29.5. The van der Waals surface area contributed by atoms with E-state index in [4.69, 9.17) is 4.74 Å². The van der Waals surface area contributed by atoms with E-state index in [0.29, 0.717) is 19.5 Å². The predicted molar refractivity (Wildman–Crippen MR) is 109 cm³/mol. The van der Waals surface area contributed by atoms with E-state index in [1.165, 1.54) is 10.4 Å². The third kappa shape index (κ3) is 5.78. The molecule has 1 aromatic carbocycles. The van der Waals surface area contributed by atoms with Crippen molar-refractivity contribution in [2.45, 2.75) is 39.0 Å². The molecule has 7 heteroatoms. The van der Waals surface area contributed by atoms with Crippen molar-refractivity contribution in [3.05, 3.63) is 51.7 Å². The van der Waals surface area contributed by atoms with Crippen LogP contribution in [0.2, 0.25) is 0 Å². The molecule has 2 heterocycles. The standard InChI is InChI=1S/C20H27NO4S2/c1-15-3-5-19(6-4-15)25-13-18(22)11-21(12-20-16(2)7-9-26-20)17-8-10-27(23,24)14-17/h3-7,9,17-18,22H,8,10-14H2,1-2H3. The minimum absolute atomic E-state index is 0.0504. The number of sulfone groups is 1. The lowest BCUT2D eigenvalue weighted by Gasteiger charge is -2.30. The van der Waals surface area contributed by atoms with E-state index in [1.807, 2.05) is 36.6 Å². The first-order valence-electron chi connectivity index (χ1n) is 9.17. The molecular weight excluding hydrogens is 382 g/mol. The molecule has 27 heavy (non-hydrogen) atoms. The Bertz CT molecular complexity index is 845. The molecule has 2 aromatic rings. The first kappa shape index (κ1) is 20.3. The Morgan fingerprint density at radius 3 is 2.59 bits per heavy atom. The number of aryl methyl sites for hydroxylation is 2. The molecule has 3 rings (SSSR count). The van der Waals surface area contributed by atoms with Crippen LogP contribution in [0.4, 0.5) is 0 Å². The summed E-state index contributed by atoms with van der Waals surface area (Å²) in [6.45, 7) is 5.31. The van der Waals surface area contributed by atoms with Crippen molar-refractivity contribution in [2.75, 3.05) is 24.7 Å². The smallest absolute Gasteiger partial charge is 0.151 e. The fourth-order valence-electron chi connectivity index (χ4n) is 3.31. The van der Waals surface area contributed by atoms with Gasteiger partial charge in [-0.25, -0.2) is 8.42 Å². The molecule has 1 aliphatic heterocycles. The molecule has 1 aliphatic rings. The normalized spacial score (nSPS) is 20.1. The molecule has 0 saturated carbocycles. The minimum atomic E-state index is -2.98. The number of hydrogen-bond acceptors (Lipinski definition) is 6. The summed E-state index contributed by atoms with van der Waals surface area (Å²) in [5.74, 6) is 1.13. The Labute approximate surface area is 165 Å². The van der Waals surface area contributed by atoms with Crippen molar-refractivity contribution in [3.63, 3.8) is 0 Å². The molecule has 0 aliphatic carbocycles. The molecule has 1 N–H and O–H groups in total. The summed E-state index contributed by atoms with van der Waals surface area (Å²) in [5, 5.41) is 12.6. The van der Waals surface area contributed by atoms with E-state index in [9.17, 15) is 13.5 Å². The number of nitrogens with zero attached hydrogens (tertiary/aromatic N) is 1. The van der Waals surface area contributed by atoms with Gasteiger partial charge >= 0.3 is 0 Å². The second kappa shape index (κ2) is 8.73. The number of rotatable bonds is 8. The van der Waals surface area contributed by atoms with Gasteiger partial charge in [0, 0.05) is 24.0 Å². The number of aliphatic hydroxyl groups excluding tert-OH is 1. The summed E-state index contributed by atoms with van der Waals surface area (Å²) in [7, 11) is -2.98. The second-order valence-electron chi connectivity index (χ2n) is 7.29. The van der Waals surface area contributed by atoms with Gasteiger partial charge in [0.25, 0.3) is 0 Å². The van der Waals surface area contributed by atoms with Gasteiger partial charge in [0.1, 0.15) is 18.5 Å². The fraction of sp³-hybridized carbons (Fsp3) is 0.500. The van der Waals surface area contributed by atoms with Crippen LogP contribution in [0.1, 0.15) is 22.4 Å². The van der Waals surface area contributed by atoms with E-state index >= 15 is 0 Å². The lowest BCUT2D eigenvalue weighted by Crippen LogP contribution is -2.42. The molecule has 2 atom stereocenters. The highest BCUT2D eigenvalue weighted by Gasteiger charge is 2.33. The van der Waals surface area contributed by atoms with Crippen LogP contribution in [0.25, 0.3) is 0 Å². The zero-order valence-electron chi connectivity index (χ0n) is 15.8. The van der Waals surface area contributed by atoms with Crippen molar-refractivity contribution in [1.82, 2.24) is 4.90 Å². The summed E-state index contributed by atoms with van der Waals surface area (Å²) >= 11 is 1.67. The van der Waals surface area contributed by atoms with E-state index in [0.717, 1.165) is 11.3 Å². The van der Waals surface area contributed by atoms with Crippen molar-refractivity contribution >= 4 is 21.2 Å². The maximum atomic E-state index is 11.9. The van der Waals surface area contributed by atoms with Crippen LogP contribution in [0.15, 0.2) is 35.7 Å². The molecule has 0 spiro atoms. The van der Waals surface area contributed by atoms with Gasteiger partial charge in [0.2, 0.25) is 0 Å². The molecule has 1 aromatic heterocycles. The highest BCUT2D eigenvalue weighted by Crippen LogP contribution is 2.24. The van der Waals surface area contributed by atoms with Crippen molar-refractivity contribution < 1.29 is 18.3 Å². The van der Waals surface area contributed by atoms with E-state index in [-0.39, 0.29) is 24.2 Å². The predicted octanol–water partition coefficient (Wildman–Crippen LogP) is 2.79. The molecular formula is C20H27NO4S2. The van der Waals surface area contributed by atoms with Gasteiger partial charge < -0.3 is 9.84 Å². The fourth-order valence-corrected chi connectivity index (χ4v) is 6.00. The SMILES string of the molecule is Cc1ccc(OCC(O)CN(Cc2sccc2C)C2CCS(=O)(=O)C2)cc1. The van der Waals surface area contributed by atoms with Gasteiger partial charge in [0.15, 0.2) is 9.84 Å². The maximum Gasteiger partial charge on any atom is 0.151 e. The molecule has 148 valence electrons. The highest BCUT2D eigenvalue weighted by atomic mass is 32.2. The molecule has 5 nitrogen and oxygen atoms in total. The lowest BCUT2D eigenvalue weighted by molar-refractivity contribution is 0.0528. The van der Waals surface area contributed by atoms with E-state index in [2.05, 4.69) is 17.9 Å². The van der Waals surface area contributed by atoms with Crippen molar-refractivity contribution in [3.8, 4) is 5.75 Å². The van der Waals surface area contributed by atoms with Crippen LogP contribution >= 0.6 is 11.3 Å². The Kier molecular flexibility index (Phi) is 6.57. The molecule has 1 fully saturated rings. The number of benzene rings is 1. The van der Waals surface area contributed by atoms with Crippen molar-refractivity contribution in [2.24, 2.45) is 0 Å². The van der Waals surface area contributed by atoms with Gasteiger partial charge in [-0.05, 0) is 49.4 Å². The Hall–Kier alpha value is -1.41. The topological polar surface area (TPSA) is 66.8 Å². The number of thiophene rings is 1. The van der Waals surface area contributed by atoms with Crippen LogP contribution in [-0.4, -0.2) is 55.2 Å². The summed E-state index contributed by atoms with van der Waals surface area (Å²) in [5.41, 5.74) is 2.36. The summed E-state index contributed by atoms with van der Waals surface area (Å²) in [6, 6.07) is 9.73. The number of hydrogen-bond donors (Lipinski definition) is 1. The van der Waals surface area contributed by atoms with Gasteiger partial charge in [-0.15, -0.1) is 11.3 Å². The zero-order chi connectivity index (χ0) is 19.4. The summed E-state index contributed by atoms with van der Waals surface area (Å²) in [4.78, 5) is 3.32. The number of aliphatic hydroxyl groups is 1. The van der Waals surface area contributed by atoms with Crippen LogP contribution in [0.3, 0.4) is 0 Å².